The minimum absolute atomic E-state index is 0.274. The molecule has 0 aliphatic carbocycles. The third-order valence-corrected chi connectivity index (χ3v) is 5.57. The van der Waals surface area contributed by atoms with Crippen LogP contribution in [0.1, 0.15) is 73.6 Å². The number of thiol groups is 2. The lowest BCUT2D eigenvalue weighted by Crippen LogP contribution is -2.04. The lowest BCUT2D eigenvalue weighted by Gasteiger charge is -2.17. The first-order valence-electron chi connectivity index (χ1n) is 10.3. The van der Waals surface area contributed by atoms with E-state index in [0.29, 0.717) is 0 Å². The molecular formula is C22H38O2S2. The number of aryl methyl sites for hydroxylation is 4. The Labute approximate surface area is 171 Å². The summed E-state index contributed by atoms with van der Waals surface area (Å²) in [7, 11) is 0. The summed E-state index contributed by atoms with van der Waals surface area (Å²) in [6.07, 6.45) is 12.9. The zero-order valence-electron chi connectivity index (χ0n) is 16.3. The molecule has 0 fully saturated rings. The fourth-order valence-electron chi connectivity index (χ4n) is 3.43. The first-order chi connectivity index (χ1) is 12.8. The van der Waals surface area contributed by atoms with Crippen molar-refractivity contribution in [3.05, 3.63) is 34.4 Å². The molecule has 0 radical (unpaired) electrons. The summed E-state index contributed by atoms with van der Waals surface area (Å²) in [5.41, 5.74) is 5.93. The van der Waals surface area contributed by atoms with Gasteiger partial charge in [0.2, 0.25) is 0 Å². The van der Waals surface area contributed by atoms with Crippen LogP contribution in [0.15, 0.2) is 12.1 Å². The molecule has 0 saturated heterocycles. The van der Waals surface area contributed by atoms with E-state index in [-0.39, 0.29) is 13.2 Å². The van der Waals surface area contributed by atoms with Crippen LogP contribution in [0.4, 0.5) is 0 Å². The Morgan fingerprint density at radius 1 is 0.500 bits per heavy atom. The molecule has 0 saturated carbocycles. The van der Waals surface area contributed by atoms with Gasteiger partial charge in [-0.05, 0) is 111 Å². The number of unbranched alkanes of at least 4 members (excludes halogenated alkanes) is 4. The van der Waals surface area contributed by atoms with Crippen LogP contribution in [0.25, 0.3) is 0 Å². The van der Waals surface area contributed by atoms with E-state index < -0.39 is 0 Å². The van der Waals surface area contributed by atoms with E-state index in [1.165, 1.54) is 35.1 Å². The highest BCUT2D eigenvalue weighted by Gasteiger charge is 2.10. The number of aliphatic hydroxyl groups is 2. The number of benzene rings is 1. The Bertz CT molecular complexity index is 395. The molecule has 0 unspecified atom stereocenters. The second kappa shape index (κ2) is 15.9. The van der Waals surface area contributed by atoms with Crippen molar-refractivity contribution in [2.75, 3.05) is 24.7 Å². The van der Waals surface area contributed by atoms with Crippen LogP contribution in [-0.4, -0.2) is 34.9 Å². The van der Waals surface area contributed by atoms with Crippen molar-refractivity contribution < 1.29 is 10.2 Å². The van der Waals surface area contributed by atoms with Gasteiger partial charge in [0.15, 0.2) is 0 Å². The molecule has 0 aliphatic rings. The van der Waals surface area contributed by atoms with Crippen molar-refractivity contribution in [2.24, 2.45) is 0 Å². The predicted octanol–water partition coefficient (Wildman–Crippen LogP) is 4.82. The van der Waals surface area contributed by atoms with Gasteiger partial charge in [-0.15, -0.1) is 0 Å². The zero-order chi connectivity index (χ0) is 19.0. The summed E-state index contributed by atoms with van der Waals surface area (Å²) in [5.74, 6) is 1.91. The lowest BCUT2D eigenvalue weighted by atomic mass is 9.89. The largest absolute Gasteiger partial charge is 0.396 e. The van der Waals surface area contributed by atoms with Gasteiger partial charge < -0.3 is 10.2 Å². The lowest BCUT2D eigenvalue weighted by molar-refractivity contribution is 0.283. The van der Waals surface area contributed by atoms with Gasteiger partial charge in [-0.25, -0.2) is 0 Å². The molecule has 0 atom stereocenters. The Balaban J connectivity index is 2.98. The zero-order valence-corrected chi connectivity index (χ0v) is 18.0. The van der Waals surface area contributed by atoms with Gasteiger partial charge in [-0.3, -0.25) is 0 Å². The standard InChI is InChI=1S/C22H38O2S2/c23-13-5-1-9-19-17-21(11-3-7-15-25)22(12-4-8-16-26)18-20(19)10-2-6-14-24/h17-18,23-26H,1-16H2. The minimum atomic E-state index is 0.274. The van der Waals surface area contributed by atoms with E-state index in [1.807, 2.05) is 0 Å². The van der Waals surface area contributed by atoms with Crippen LogP contribution in [0.3, 0.4) is 0 Å². The summed E-state index contributed by atoms with van der Waals surface area (Å²) in [6.45, 7) is 0.549. The first-order valence-corrected chi connectivity index (χ1v) is 11.6. The fourth-order valence-corrected chi connectivity index (χ4v) is 3.88. The smallest absolute Gasteiger partial charge is 0.0431 e. The second-order valence-corrected chi connectivity index (χ2v) is 8.01. The maximum absolute atomic E-state index is 9.11. The summed E-state index contributed by atoms with van der Waals surface area (Å²) in [6, 6.07) is 4.89. The number of hydrogen-bond acceptors (Lipinski definition) is 4. The first kappa shape index (κ1) is 23.9. The van der Waals surface area contributed by atoms with Gasteiger partial charge in [0.05, 0.1) is 0 Å². The topological polar surface area (TPSA) is 40.5 Å². The summed E-state index contributed by atoms with van der Waals surface area (Å²) < 4.78 is 0. The molecule has 1 rings (SSSR count). The Morgan fingerprint density at radius 3 is 1.08 bits per heavy atom. The van der Waals surface area contributed by atoms with Crippen molar-refractivity contribution in [1.29, 1.82) is 0 Å². The molecular weight excluding hydrogens is 360 g/mol. The highest BCUT2D eigenvalue weighted by molar-refractivity contribution is 7.80. The van der Waals surface area contributed by atoms with Crippen LogP contribution in [0.5, 0.6) is 0 Å². The molecule has 2 nitrogen and oxygen atoms in total. The van der Waals surface area contributed by atoms with E-state index in [1.54, 1.807) is 0 Å². The van der Waals surface area contributed by atoms with E-state index in [4.69, 9.17) is 10.2 Å². The van der Waals surface area contributed by atoms with Gasteiger partial charge in [0, 0.05) is 13.2 Å². The second-order valence-electron chi connectivity index (χ2n) is 7.11. The minimum Gasteiger partial charge on any atom is -0.396 e. The highest BCUT2D eigenvalue weighted by atomic mass is 32.1. The number of hydrogen-bond donors (Lipinski definition) is 4. The molecule has 0 amide bonds. The Kier molecular flexibility index (Phi) is 14.6. The summed E-state index contributed by atoms with van der Waals surface area (Å²) in [4.78, 5) is 0. The molecule has 2 N–H and O–H groups in total. The van der Waals surface area contributed by atoms with Crippen molar-refractivity contribution in [1.82, 2.24) is 0 Å². The van der Waals surface area contributed by atoms with Crippen LogP contribution in [-0.2, 0) is 25.7 Å². The molecule has 0 spiro atoms. The van der Waals surface area contributed by atoms with Crippen molar-refractivity contribution >= 4 is 25.3 Å². The van der Waals surface area contributed by atoms with E-state index in [0.717, 1.165) is 75.7 Å². The monoisotopic (exact) mass is 398 g/mol. The van der Waals surface area contributed by atoms with Crippen molar-refractivity contribution in [3.8, 4) is 0 Å². The molecule has 0 aliphatic heterocycles. The maximum Gasteiger partial charge on any atom is 0.0431 e. The number of aliphatic hydroxyl groups excluding tert-OH is 2. The predicted molar refractivity (Wildman–Crippen MR) is 120 cm³/mol. The van der Waals surface area contributed by atoms with Gasteiger partial charge in [0.1, 0.15) is 0 Å². The van der Waals surface area contributed by atoms with Crippen LogP contribution < -0.4 is 0 Å². The SMILES string of the molecule is OCCCCc1cc(CCCCS)c(CCCCS)cc1CCCCO. The van der Waals surface area contributed by atoms with E-state index >= 15 is 0 Å². The van der Waals surface area contributed by atoms with Gasteiger partial charge >= 0.3 is 0 Å². The molecule has 0 aromatic heterocycles. The average Bonchev–Trinajstić information content (AvgIpc) is 2.64. The van der Waals surface area contributed by atoms with Gasteiger partial charge in [0.25, 0.3) is 0 Å². The quantitative estimate of drug-likeness (QED) is 0.238. The van der Waals surface area contributed by atoms with Crippen molar-refractivity contribution in [3.63, 3.8) is 0 Å². The van der Waals surface area contributed by atoms with Crippen LogP contribution >= 0.6 is 25.3 Å². The van der Waals surface area contributed by atoms with E-state index in [9.17, 15) is 0 Å². The average molecular weight is 399 g/mol. The molecule has 1 aromatic rings. The highest BCUT2D eigenvalue weighted by Crippen LogP contribution is 2.24. The molecule has 0 bridgehead atoms. The molecule has 1 aromatic carbocycles. The molecule has 26 heavy (non-hydrogen) atoms. The Hall–Kier alpha value is -0.160. The summed E-state index contributed by atoms with van der Waals surface area (Å²) in [5, 5.41) is 18.2. The maximum atomic E-state index is 9.11. The van der Waals surface area contributed by atoms with Crippen molar-refractivity contribution in [2.45, 2.75) is 77.0 Å². The third kappa shape index (κ3) is 9.68. The van der Waals surface area contributed by atoms with Crippen LogP contribution in [0.2, 0.25) is 0 Å². The Morgan fingerprint density at radius 2 is 0.808 bits per heavy atom. The summed E-state index contributed by atoms with van der Waals surface area (Å²) >= 11 is 8.70. The van der Waals surface area contributed by atoms with Crippen LogP contribution in [0, 0.1) is 0 Å². The normalized spacial score (nSPS) is 11.2. The number of rotatable bonds is 16. The fraction of sp³-hybridized carbons (Fsp3) is 0.727. The molecule has 0 heterocycles. The van der Waals surface area contributed by atoms with E-state index in [2.05, 4.69) is 37.4 Å². The van der Waals surface area contributed by atoms with Gasteiger partial charge in [-0.1, -0.05) is 12.1 Å². The van der Waals surface area contributed by atoms with Gasteiger partial charge in [-0.2, -0.15) is 25.3 Å². The molecule has 150 valence electrons. The third-order valence-electron chi connectivity index (χ3n) is 4.94. The molecule has 4 heteroatoms.